The van der Waals surface area contributed by atoms with Crippen LogP contribution in [0.15, 0.2) is 42.7 Å². The molecule has 3 heterocycles. The number of benzene rings is 1. The van der Waals surface area contributed by atoms with Gasteiger partial charge in [0.2, 0.25) is 11.8 Å². The molecule has 1 spiro atoms. The third kappa shape index (κ3) is 2.35. The number of rotatable bonds is 3. The Hall–Kier alpha value is -2.63. The van der Waals surface area contributed by atoms with E-state index in [0.29, 0.717) is 32.4 Å². The largest absolute Gasteiger partial charge is 0.341 e. The SMILES string of the molecule is CCC(C(=O)N1CCC2(CC1)C(=O)N(C)c1ccccc12)n1cccn1. The number of nitrogens with zero attached hydrogens (tertiary/aromatic N) is 4. The van der Waals surface area contributed by atoms with Gasteiger partial charge in [-0.15, -0.1) is 0 Å². The first-order valence-corrected chi connectivity index (χ1v) is 9.24. The summed E-state index contributed by atoms with van der Waals surface area (Å²) >= 11 is 0. The van der Waals surface area contributed by atoms with Gasteiger partial charge in [-0.3, -0.25) is 14.3 Å². The van der Waals surface area contributed by atoms with Gasteiger partial charge in [0.1, 0.15) is 6.04 Å². The summed E-state index contributed by atoms with van der Waals surface area (Å²) in [7, 11) is 1.85. The highest BCUT2D eigenvalue weighted by molar-refractivity contribution is 6.08. The second-order valence-corrected chi connectivity index (χ2v) is 7.20. The number of carbonyl (C=O) groups is 2. The second-order valence-electron chi connectivity index (χ2n) is 7.20. The van der Waals surface area contributed by atoms with Gasteiger partial charge in [-0.05, 0) is 37.0 Å². The van der Waals surface area contributed by atoms with E-state index in [1.165, 1.54) is 0 Å². The van der Waals surface area contributed by atoms with E-state index in [-0.39, 0.29) is 17.9 Å². The molecule has 0 radical (unpaired) electrons. The lowest BCUT2D eigenvalue weighted by atomic mass is 9.73. The van der Waals surface area contributed by atoms with Gasteiger partial charge in [0, 0.05) is 38.2 Å². The molecule has 26 heavy (non-hydrogen) atoms. The first-order chi connectivity index (χ1) is 12.6. The fraction of sp³-hybridized carbons (Fsp3) is 0.450. The predicted octanol–water partition coefficient (Wildman–Crippen LogP) is 2.37. The van der Waals surface area contributed by atoms with Crippen LogP contribution in [0.25, 0.3) is 0 Å². The Bertz CT molecular complexity index is 822. The van der Waals surface area contributed by atoms with Crippen LogP contribution in [0.4, 0.5) is 5.69 Å². The third-order valence-corrected chi connectivity index (χ3v) is 5.94. The lowest BCUT2D eigenvalue weighted by Gasteiger charge is -2.39. The lowest BCUT2D eigenvalue weighted by molar-refractivity contribution is -0.139. The van der Waals surface area contributed by atoms with Crippen molar-refractivity contribution in [3.8, 4) is 0 Å². The number of anilines is 1. The maximum Gasteiger partial charge on any atom is 0.247 e. The van der Waals surface area contributed by atoms with Crippen LogP contribution in [0.3, 0.4) is 0 Å². The Morgan fingerprint density at radius 1 is 1.23 bits per heavy atom. The van der Waals surface area contributed by atoms with Gasteiger partial charge in [0.15, 0.2) is 0 Å². The molecule has 6 nitrogen and oxygen atoms in total. The molecule has 1 atom stereocenters. The molecule has 2 amide bonds. The Kier molecular flexibility index (Phi) is 4.05. The van der Waals surface area contributed by atoms with Crippen molar-refractivity contribution in [2.75, 3.05) is 25.0 Å². The summed E-state index contributed by atoms with van der Waals surface area (Å²) in [6.07, 6.45) is 5.59. The van der Waals surface area contributed by atoms with Gasteiger partial charge in [0.05, 0.1) is 5.41 Å². The Morgan fingerprint density at radius 3 is 2.62 bits per heavy atom. The van der Waals surface area contributed by atoms with Crippen molar-refractivity contribution in [1.29, 1.82) is 0 Å². The summed E-state index contributed by atoms with van der Waals surface area (Å²) in [5.74, 6) is 0.253. The van der Waals surface area contributed by atoms with E-state index in [2.05, 4.69) is 11.2 Å². The fourth-order valence-electron chi connectivity index (χ4n) is 4.46. The molecule has 1 aromatic heterocycles. The maximum absolute atomic E-state index is 13.0. The summed E-state index contributed by atoms with van der Waals surface area (Å²) in [6.45, 7) is 3.20. The molecule has 1 aromatic carbocycles. The highest BCUT2D eigenvalue weighted by Gasteiger charge is 2.51. The molecule has 6 heteroatoms. The summed E-state index contributed by atoms with van der Waals surface area (Å²) in [5, 5.41) is 4.23. The second kappa shape index (κ2) is 6.27. The molecule has 0 saturated carbocycles. The van der Waals surface area contributed by atoms with Crippen molar-refractivity contribution >= 4 is 17.5 Å². The fourth-order valence-corrected chi connectivity index (χ4v) is 4.46. The quantitative estimate of drug-likeness (QED) is 0.852. The van der Waals surface area contributed by atoms with E-state index in [4.69, 9.17) is 0 Å². The molecule has 0 bridgehead atoms. The molecule has 1 saturated heterocycles. The normalized spacial score (nSPS) is 19.7. The van der Waals surface area contributed by atoms with Gasteiger partial charge >= 0.3 is 0 Å². The minimum atomic E-state index is -0.477. The molecule has 0 aliphatic carbocycles. The van der Waals surface area contributed by atoms with Gasteiger partial charge in [-0.1, -0.05) is 25.1 Å². The third-order valence-electron chi connectivity index (χ3n) is 5.94. The number of amides is 2. The van der Waals surface area contributed by atoms with Crippen molar-refractivity contribution in [2.24, 2.45) is 0 Å². The Balaban J connectivity index is 1.54. The van der Waals surface area contributed by atoms with E-state index in [0.717, 1.165) is 11.3 Å². The van der Waals surface area contributed by atoms with Crippen LogP contribution in [0, 0.1) is 0 Å². The number of likely N-dealkylation sites (N-methyl/N-ethyl adjacent to an activating group) is 1. The molecule has 2 aliphatic rings. The molecule has 1 fully saturated rings. The zero-order chi connectivity index (χ0) is 18.3. The highest BCUT2D eigenvalue weighted by Crippen LogP contribution is 2.47. The molecule has 2 aromatic rings. The molecule has 4 rings (SSSR count). The first-order valence-electron chi connectivity index (χ1n) is 9.24. The van der Waals surface area contributed by atoms with Gasteiger partial charge in [-0.2, -0.15) is 5.10 Å². The Morgan fingerprint density at radius 2 is 1.96 bits per heavy atom. The maximum atomic E-state index is 13.0. The molecule has 0 N–H and O–H groups in total. The standard InChI is InChI=1S/C20H24N4O2/c1-3-16(24-12-6-11-21-24)18(25)23-13-9-20(10-14-23)15-7-4-5-8-17(15)22(2)19(20)26/h4-8,11-12,16H,3,9-10,13-14H2,1-2H3. The molecule has 2 aliphatic heterocycles. The molecule has 136 valence electrons. The van der Waals surface area contributed by atoms with Crippen molar-refractivity contribution in [2.45, 2.75) is 37.6 Å². The van der Waals surface area contributed by atoms with Crippen LogP contribution < -0.4 is 4.90 Å². The minimum Gasteiger partial charge on any atom is -0.341 e. The topological polar surface area (TPSA) is 58.4 Å². The van der Waals surface area contributed by atoms with Crippen LogP contribution in [0.1, 0.15) is 37.8 Å². The summed E-state index contributed by atoms with van der Waals surface area (Å²) < 4.78 is 1.73. The molecule has 1 unspecified atom stereocenters. The number of carbonyl (C=O) groups excluding carboxylic acids is 2. The average molecular weight is 352 g/mol. The number of fused-ring (bicyclic) bond motifs is 2. The lowest BCUT2D eigenvalue weighted by Crippen LogP contribution is -2.51. The average Bonchev–Trinajstić information content (AvgIpc) is 3.27. The van der Waals surface area contributed by atoms with E-state index in [1.54, 1.807) is 15.8 Å². The summed E-state index contributed by atoms with van der Waals surface area (Å²) in [4.78, 5) is 29.7. The number of piperidine rings is 1. The van der Waals surface area contributed by atoms with Crippen molar-refractivity contribution < 1.29 is 9.59 Å². The molecular formula is C20H24N4O2. The minimum absolute atomic E-state index is 0.0955. The van der Waals surface area contributed by atoms with Crippen LogP contribution >= 0.6 is 0 Å². The van der Waals surface area contributed by atoms with Gasteiger partial charge < -0.3 is 9.80 Å². The summed E-state index contributed by atoms with van der Waals surface area (Å²) in [5.41, 5.74) is 1.63. The number of para-hydroxylation sites is 1. The Labute approximate surface area is 153 Å². The van der Waals surface area contributed by atoms with E-state index >= 15 is 0 Å². The van der Waals surface area contributed by atoms with Gasteiger partial charge in [-0.25, -0.2) is 0 Å². The smallest absolute Gasteiger partial charge is 0.247 e. The van der Waals surface area contributed by atoms with Crippen LogP contribution in [-0.4, -0.2) is 46.6 Å². The van der Waals surface area contributed by atoms with Crippen LogP contribution in [0.2, 0.25) is 0 Å². The van der Waals surface area contributed by atoms with Crippen LogP contribution in [0.5, 0.6) is 0 Å². The first kappa shape index (κ1) is 16.8. The number of hydrogen-bond donors (Lipinski definition) is 0. The monoisotopic (exact) mass is 352 g/mol. The zero-order valence-electron chi connectivity index (χ0n) is 15.3. The highest BCUT2D eigenvalue weighted by atomic mass is 16.2. The van der Waals surface area contributed by atoms with Gasteiger partial charge in [0.25, 0.3) is 0 Å². The zero-order valence-corrected chi connectivity index (χ0v) is 15.3. The van der Waals surface area contributed by atoms with E-state index in [1.807, 2.05) is 49.3 Å². The van der Waals surface area contributed by atoms with Crippen LogP contribution in [-0.2, 0) is 15.0 Å². The van der Waals surface area contributed by atoms with Crippen molar-refractivity contribution in [3.63, 3.8) is 0 Å². The van der Waals surface area contributed by atoms with E-state index < -0.39 is 5.41 Å². The summed E-state index contributed by atoms with van der Waals surface area (Å²) in [6, 6.07) is 9.60. The predicted molar refractivity (Wildman–Crippen MR) is 98.9 cm³/mol. The number of hydrogen-bond acceptors (Lipinski definition) is 3. The molecular weight excluding hydrogens is 328 g/mol. The number of aromatic nitrogens is 2. The van der Waals surface area contributed by atoms with Crippen molar-refractivity contribution in [1.82, 2.24) is 14.7 Å². The van der Waals surface area contributed by atoms with E-state index in [9.17, 15) is 9.59 Å². The van der Waals surface area contributed by atoms with Crippen molar-refractivity contribution in [3.05, 3.63) is 48.3 Å². The number of likely N-dealkylation sites (tertiary alicyclic amines) is 1.